The number of hydrogen-bond donors (Lipinski definition) is 3. The van der Waals surface area contributed by atoms with Crippen molar-refractivity contribution in [2.24, 2.45) is 0 Å². The van der Waals surface area contributed by atoms with E-state index in [-0.39, 0.29) is 0 Å². The van der Waals surface area contributed by atoms with Crippen LogP contribution in [0.4, 0.5) is 17.5 Å². The second-order valence-electron chi connectivity index (χ2n) is 5.34. The highest BCUT2D eigenvalue weighted by Gasteiger charge is 2.14. The number of nitrogens with zero attached hydrogens (tertiary/aromatic N) is 3. The molecule has 0 spiro atoms. The summed E-state index contributed by atoms with van der Waals surface area (Å²) in [7, 11) is 0. The highest BCUT2D eigenvalue weighted by Crippen LogP contribution is 2.29. The van der Waals surface area contributed by atoms with Crippen molar-refractivity contribution in [1.29, 1.82) is 0 Å². The van der Waals surface area contributed by atoms with Crippen LogP contribution in [0.2, 0.25) is 0 Å². The minimum Gasteiger partial charge on any atom is -0.382 e. The highest BCUT2D eigenvalue weighted by atomic mass is 15.2. The molecule has 6 nitrogen and oxygen atoms in total. The van der Waals surface area contributed by atoms with Gasteiger partial charge in [-0.1, -0.05) is 12.1 Å². The quantitative estimate of drug-likeness (QED) is 0.671. The molecule has 3 aromatic rings. The number of rotatable bonds is 2. The molecule has 1 aromatic carbocycles. The number of benzene rings is 1. The maximum Gasteiger partial charge on any atom is 0.229 e. The monoisotopic (exact) mass is 280 g/mol. The van der Waals surface area contributed by atoms with E-state index in [0.29, 0.717) is 17.4 Å². The Morgan fingerprint density at radius 2 is 2.10 bits per heavy atom. The Bertz CT molecular complexity index is 807. The number of hydrogen-bond acceptors (Lipinski definition) is 5. The van der Waals surface area contributed by atoms with E-state index in [1.54, 1.807) is 6.20 Å². The molecule has 2 heterocycles. The Morgan fingerprint density at radius 1 is 1.19 bits per heavy atom. The molecule has 0 radical (unpaired) electrons. The van der Waals surface area contributed by atoms with Crippen LogP contribution in [0.15, 0.2) is 24.4 Å². The summed E-state index contributed by atoms with van der Waals surface area (Å²) in [5.41, 5.74) is 10.3. The molecule has 2 aromatic heterocycles. The molecule has 0 amide bonds. The van der Waals surface area contributed by atoms with Crippen molar-refractivity contribution in [1.82, 2.24) is 20.2 Å². The Hall–Kier alpha value is -2.63. The molecular formula is C15H16N6. The second-order valence-corrected chi connectivity index (χ2v) is 5.34. The van der Waals surface area contributed by atoms with E-state index in [2.05, 4.69) is 43.7 Å². The van der Waals surface area contributed by atoms with E-state index in [1.807, 2.05) is 0 Å². The summed E-state index contributed by atoms with van der Waals surface area (Å²) in [6, 6.07) is 6.37. The van der Waals surface area contributed by atoms with Crippen LogP contribution in [0.1, 0.15) is 24.0 Å². The minimum absolute atomic E-state index is 0.425. The van der Waals surface area contributed by atoms with E-state index in [9.17, 15) is 0 Å². The Balaban J connectivity index is 1.71. The first-order chi connectivity index (χ1) is 10.3. The van der Waals surface area contributed by atoms with Crippen molar-refractivity contribution >= 4 is 28.5 Å². The van der Waals surface area contributed by atoms with Gasteiger partial charge in [0, 0.05) is 11.9 Å². The molecule has 0 saturated heterocycles. The van der Waals surface area contributed by atoms with E-state index in [0.717, 1.165) is 23.9 Å². The standard InChI is InChI=1S/C15H16N6/c16-13-11-8-17-15(19-14(11)21-20-13)18-12-7-3-5-9-4-1-2-6-10(9)12/h3,5,7-8H,1-2,4,6H2,(H4,16,17,18,19,20,21). The topological polar surface area (TPSA) is 92.5 Å². The van der Waals surface area contributed by atoms with Crippen LogP contribution in [0.3, 0.4) is 0 Å². The van der Waals surface area contributed by atoms with E-state index < -0.39 is 0 Å². The molecule has 1 aliphatic carbocycles. The predicted molar refractivity (Wildman–Crippen MR) is 82.5 cm³/mol. The number of nitrogen functional groups attached to an aromatic ring is 1. The van der Waals surface area contributed by atoms with Crippen LogP contribution >= 0.6 is 0 Å². The first kappa shape index (κ1) is 12.1. The van der Waals surface area contributed by atoms with Gasteiger partial charge in [0.2, 0.25) is 5.95 Å². The Morgan fingerprint density at radius 3 is 3.05 bits per heavy atom. The van der Waals surface area contributed by atoms with Gasteiger partial charge in [-0.15, -0.1) is 0 Å². The number of H-pyrrole nitrogens is 1. The maximum atomic E-state index is 5.73. The zero-order valence-corrected chi connectivity index (χ0v) is 11.6. The molecule has 21 heavy (non-hydrogen) atoms. The molecule has 4 rings (SSSR count). The lowest BCUT2D eigenvalue weighted by Gasteiger charge is -2.19. The SMILES string of the molecule is Nc1n[nH]c2nc(Nc3cccc4c3CCCC4)ncc12. The number of fused-ring (bicyclic) bond motifs is 2. The van der Waals surface area contributed by atoms with Crippen LogP contribution in [0.5, 0.6) is 0 Å². The molecule has 4 N–H and O–H groups in total. The van der Waals surface area contributed by atoms with Crippen molar-refractivity contribution in [3.8, 4) is 0 Å². The summed E-state index contributed by atoms with van der Waals surface area (Å²) in [6.07, 6.45) is 6.47. The third-order valence-electron chi connectivity index (χ3n) is 3.99. The summed E-state index contributed by atoms with van der Waals surface area (Å²) in [5, 5.41) is 10.8. The summed E-state index contributed by atoms with van der Waals surface area (Å²) < 4.78 is 0. The molecule has 0 saturated carbocycles. The molecule has 1 aliphatic rings. The number of aromatic amines is 1. The molecule has 0 unspecified atom stereocenters. The predicted octanol–water partition coefficient (Wildman–Crippen LogP) is 2.56. The van der Waals surface area contributed by atoms with E-state index in [4.69, 9.17) is 5.73 Å². The van der Waals surface area contributed by atoms with Gasteiger partial charge >= 0.3 is 0 Å². The molecule has 106 valence electrons. The van der Waals surface area contributed by atoms with Gasteiger partial charge in [0.05, 0.1) is 5.39 Å². The summed E-state index contributed by atoms with van der Waals surface area (Å²) in [6.45, 7) is 0. The maximum absolute atomic E-state index is 5.73. The van der Waals surface area contributed by atoms with Crippen LogP contribution in [-0.2, 0) is 12.8 Å². The largest absolute Gasteiger partial charge is 0.382 e. The highest BCUT2D eigenvalue weighted by molar-refractivity contribution is 5.85. The second kappa shape index (κ2) is 4.73. The first-order valence-electron chi connectivity index (χ1n) is 7.15. The zero-order chi connectivity index (χ0) is 14.2. The Kier molecular flexibility index (Phi) is 2.73. The van der Waals surface area contributed by atoms with Crippen LogP contribution in [0.25, 0.3) is 11.0 Å². The van der Waals surface area contributed by atoms with Crippen molar-refractivity contribution < 1.29 is 0 Å². The smallest absolute Gasteiger partial charge is 0.229 e. The van der Waals surface area contributed by atoms with Gasteiger partial charge in [-0.05, 0) is 42.9 Å². The number of aromatic nitrogens is 4. The van der Waals surface area contributed by atoms with Gasteiger partial charge in [0.1, 0.15) is 0 Å². The van der Waals surface area contributed by atoms with Gasteiger partial charge in [0.15, 0.2) is 11.5 Å². The third-order valence-corrected chi connectivity index (χ3v) is 3.99. The molecule has 0 aliphatic heterocycles. The lowest BCUT2D eigenvalue weighted by Crippen LogP contribution is -2.07. The number of nitrogens with two attached hydrogens (primary N) is 1. The van der Waals surface area contributed by atoms with E-state index in [1.165, 1.54) is 24.0 Å². The lowest BCUT2D eigenvalue weighted by molar-refractivity contribution is 0.687. The van der Waals surface area contributed by atoms with Crippen LogP contribution in [0, 0.1) is 0 Å². The van der Waals surface area contributed by atoms with E-state index >= 15 is 0 Å². The summed E-state index contributed by atoms with van der Waals surface area (Å²) in [4.78, 5) is 8.74. The number of nitrogens with one attached hydrogen (secondary N) is 2. The third kappa shape index (κ3) is 2.08. The fraction of sp³-hybridized carbons (Fsp3) is 0.267. The molecule has 0 fully saturated rings. The molecule has 0 bridgehead atoms. The van der Waals surface area contributed by atoms with Gasteiger partial charge in [-0.2, -0.15) is 10.1 Å². The molecule has 6 heteroatoms. The fourth-order valence-electron chi connectivity index (χ4n) is 2.91. The summed E-state index contributed by atoms with van der Waals surface area (Å²) in [5.74, 6) is 0.985. The minimum atomic E-state index is 0.425. The average Bonchev–Trinajstić information content (AvgIpc) is 2.89. The van der Waals surface area contributed by atoms with Crippen LogP contribution < -0.4 is 11.1 Å². The normalized spacial score (nSPS) is 14.1. The van der Waals surface area contributed by atoms with Gasteiger partial charge in [0.25, 0.3) is 0 Å². The first-order valence-corrected chi connectivity index (χ1v) is 7.15. The molecular weight excluding hydrogens is 264 g/mol. The van der Waals surface area contributed by atoms with Gasteiger partial charge in [-0.25, -0.2) is 4.98 Å². The van der Waals surface area contributed by atoms with Crippen molar-refractivity contribution in [2.45, 2.75) is 25.7 Å². The van der Waals surface area contributed by atoms with Crippen molar-refractivity contribution in [3.05, 3.63) is 35.5 Å². The fourth-order valence-corrected chi connectivity index (χ4v) is 2.91. The lowest BCUT2D eigenvalue weighted by atomic mass is 9.90. The number of aryl methyl sites for hydroxylation is 1. The van der Waals surface area contributed by atoms with Crippen molar-refractivity contribution in [3.63, 3.8) is 0 Å². The van der Waals surface area contributed by atoms with Gasteiger partial charge in [-0.3, -0.25) is 5.10 Å². The zero-order valence-electron chi connectivity index (χ0n) is 11.6. The Labute approximate surface area is 121 Å². The average molecular weight is 280 g/mol. The number of anilines is 3. The van der Waals surface area contributed by atoms with Gasteiger partial charge < -0.3 is 11.1 Å². The van der Waals surface area contributed by atoms with Crippen molar-refractivity contribution in [2.75, 3.05) is 11.1 Å². The van der Waals surface area contributed by atoms with Crippen LogP contribution in [-0.4, -0.2) is 20.2 Å². The summed E-state index contributed by atoms with van der Waals surface area (Å²) >= 11 is 0. The molecule has 0 atom stereocenters.